The summed E-state index contributed by atoms with van der Waals surface area (Å²) in [6.45, 7) is 5.20. The van der Waals surface area contributed by atoms with Crippen molar-refractivity contribution in [2.45, 2.75) is 20.4 Å². The fourth-order valence-electron chi connectivity index (χ4n) is 3.08. The summed E-state index contributed by atoms with van der Waals surface area (Å²) in [4.78, 5) is 12.6. The van der Waals surface area contributed by atoms with Gasteiger partial charge in [0, 0.05) is 12.1 Å². The van der Waals surface area contributed by atoms with Crippen LogP contribution in [0.15, 0.2) is 42.5 Å². The third-order valence-electron chi connectivity index (χ3n) is 4.44. The van der Waals surface area contributed by atoms with Crippen molar-refractivity contribution in [2.75, 3.05) is 13.2 Å². The van der Waals surface area contributed by atoms with Crippen LogP contribution in [0.25, 0.3) is 5.69 Å². The molecule has 3 aromatic rings. The number of amides is 1. The van der Waals surface area contributed by atoms with Gasteiger partial charge >= 0.3 is 0 Å². The highest BCUT2D eigenvalue weighted by atomic mass is 16.6. The number of hydrogen-bond donors (Lipinski definition) is 1. The predicted octanol–water partition coefficient (Wildman–Crippen LogP) is 2.59. The Kier molecular flexibility index (Phi) is 4.50. The number of benzene rings is 2. The first-order chi connectivity index (χ1) is 13.1. The molecule has 1 amide bonds. The second-order valence-corrected chi connectivity index (χ2v) is 6.40. The molecule has 0 spiro atoms. The van der Waals surface area contributed by atoms with Gasteiger partial charge < -0.3 is 14.8 Å². The minimum Gasteiger partial charge on any atom is -0.486 e. The first-order valence-corrected chi connectivity index (χ1v) is 8.78. The van der Waals surface area contributed by atoms with E-state index in [0.29, 0.717) is 42.6 Å². The van der Waals surface area contributed by atoms with E-state index in [2.05, 4.69) is 15.6 Å². The number of aromatic nitrogens is 3. The quantitative estimate of drug-likeness (QED) is 0.770. The van der Waals surface area contributed by atoms with Gasteiger partial charge in [-0.2, -0.15) is 0 Å². The van der Waals surface area contributed by atoms with E-state index in [0.717, 1.165) is 16.8 Å². The Bertz CT molecular complexity index is 997. The van der Waals surface area contributed by atoms with Crippen LogP contribution in [0.5, 0.6) is 11.5 Å². The van der Waals surface area contributed by atoms with Crippen LogP contribution in [0, 0.1) is 13.8 Å². The van der Waals surface area contributed by atoms with E-state index in [1.165, 1.54) is 0 Å². The van der Waals surface area contributed by atoms with Gasteiger partial charge in [-0.25, -0.2) is 4.68 Å². The Morgan fingerprint density at radius 3 is 2.81 bits per heavy atom. The van der Waals surface area contributed by atoms with Gasteiger partial charge in [-0.15, -0.1) is 5.10 Å². The normalized spacial score (nSPS) is 12.7. The molecule has 0 saturated carbocycles. The Morgan fingerprint density at radius 2 is 1.96 bits per heavy atom. The lowest BCUT2D eigenvalue weighted by molar-refractivity contribution is 0.0944. The zero-order valence-electron chi connectivity index (χ0n) is 15.2. The van der Waals surface area contributed by atoms with E-state index in [1.807, 2.05) is 56.3 Å². The van der Waals surface area contributed by atoms with Gasteiger partial charge in [0.15, 0.2) is 17.2 Å². The van der Waals surface area contributed by atoms with E-state index in [4.69, 9.17) is 9.47 Å². The number of nitrogens with one attached hydrogen (secondary N) is 1. The maximum atomic E-state index is 12.6. The molecule has 1 aliphatic heterocycles. The van der Waals surface area contributed by atoms with E-state index in [9.17, 15) is 4.79 Å². The highest BCUT2D eigenvalue weighted by Crippen LogP contribution is 2.33. The summed E-state index contributed by atoms with van der Waals surface area (Å²) < 4.78 is 12.9. The van der Waals surface area contributed by atoms with Gasteiger partial charge in [0.25, 0.3) is 5.91 Å². The van der Waals surface area contributed by atoms with E-state index in [1.54, 1.807) is 4.68 Å². The summed E-state index contributed by atoms with van der Waals surface area (Å²) in [5, 5.41) is 11.1. The van der Waals surface area contributed by atoms with Crippen LogP contribution in [-0.4, -0.2) is 34.1 Å². The van der Waals surface area contributed by atoms with Crippen LogP contribution >= 0.6 is 0 Å². The van der Waals surface area contributed by atoms with Crippen LogP contribution in [0.1, 0.15) is 27.3 Å². The van der Waals surface area contributed by atoms with E-state index >= 15 is 0 Å². The maximum Gasteiger partial charge on any atom is 0.274 e. The van der Waals surface area contributed by atoms with Gasteiger partial charge in [-0.1, -0.05) is 29.5 Å². The van der Waals surface area contributed by atoms with Crippen LogP contribution in [0.4, 0.5) is 0 Å². The van der Waals surface area contributed by atoms with Crippen LogP contribution < -0.4 is 14.8 Å². The number of ether oxygens (including phenoxy) is 2. The Labute approximate surface area is 156 Å². The van der Waals surface area contributed by atoms with E-state index in [-0.39, 0.29) is 5.91 Å². The molecule has 138 valence electrons. The van der Waals surface area contributed by atoms with Gasteiger partial charge in [0.1, 0.15) is 13.2 Å². The molecule has 7 nitrogen and oxygen atoms in total. The molecular formula is C20H20N4O3. The minimum atomic E-state index is -0.277. The average molecular weight is 364 g/mol. The van der Waals surface area contributed by atoms with Crippen molar-refractivity contribution < 1.29 is 14.3 Å². The lowest BCUT2D eigenvalue weighted by Gasteiger charge is -2.21. The summed E-state index contributed by atoms with van der Waals surface area (Å²) in [6.07, 6.45) is 0. The summed E-state index contributed by atoms with van der Waals surface area (Å²) in [5.41, 5.74) is 3.85. The molecule has 1 aliphatic rings. The number of para-hydroxylation sites is 1. The maximum absolute atomic E-state index is 12.6. The molecule has 1 N–H and O–H groups in total. The molecule has 27 heavy (non-hydrogen) atoms. The van der Waals surface area contributed by atoms with Crippen LogP contribution in [-0.2, 0) is 6.54 Å². The van der Waals surface area contributed by atoms with Crippen molar-refractivity contribution in [1.29, 1.82) is 0 Å². The van der Waals surface area contributed by atoms with Gasteiger partial charge in [0.2, 0.25) is 0 Å². The first kappa shape index (κ1) is 17.1. The standard InChI is InChI=1S/C20H20N4O3/c1-13-5-3-7-16(11-13)24-14(2)18(22-23-24)20(25)21-12-15-6-4-8-17-19(15)27-10-9-26-17/h3-8,11H,9-10,12H2,1-2H3,(H,21,25). The summed E-state index contributed by atoms with van der Waals surface area (Å²) >= 11 is 0. The lowest BCUT2D eigenvalue weighted by Crippen LogP contribution is -2.25. The monoisotopic (exact) mass is 364 g/mol. The van der Waals surface area contributed by atoms with Gasteiger partial charge in [0.05, 0.1) is 11.4 Å². The number of rotatable bonds is 4. The summed E-state index contributed by atoms with van der Waals surface area (Å²) in [6, 6.07) is 13.5. The number of carbonyl (C=O) groups excluding carboxylic acids is 1. The molecule has 0 aliphatic carbocycles. The zero-order chi connectivity index (χ0) is 18.8. The fraction of sp³-hybridized carbons (Fsp3) is 0.250. The van der Waals surface area contributed by atoms with Crippen molar-refractivity contribution >= 4 is 5.91 Å². The molecule has 4 rings (SSSR count). The molecule has 0 bridgehead atoms. The third-order valence-corrected chi connectivity index (χ3v) is 4.44. The van der Waals surface area contributed by atoms with Crippen LogP contribution in [0.2, 0.25) is 0 Å². The molecule has 2 heterocycles. The molecule has 0 radical (unpaired) electrons. The third kappa shape index (κ3) is 3.36. The highest BCUT2D eigenvalue weighted by molar-refractivity contribution is 5.93. The number of aryl methyl sites for hydroxylation is 1. The van der Waals surface area contributed by atoms with Crippen molar-refractivity contribution in [3.05, 3.63) is 65.0 Å². The second-order valence-electron chi connectivity index (χ2n) is 6.40. The minimum absolute atomic E-state index is 0.277. The SMILES string of the molecule is Cc1cccc(-n2nnc(C(=O)NCc3cccc4c3OCCO4)c2C)c1. The fourth-order valence-corrected chi connectivity index (χ4v) is 3.08. The summed E-state index contributed by atoms with van der Waals surface area (Å²) in [5.74, 6) is 1.11. The average Bonchev–Trinajstić information content (AvgIpc) is 3.07. The second kappa shape index (κ2) is 7.11. The molecular weight excluding hydrogens is 344 g/mol. The number of carbonyl (C=O) groups is 1. The predicted molar refractivity (Wildman–Crippen MR) is 99.4 cm³/mol. The largest absolute Gasteiger partial charge is 0.486 e. The summed E-state index contributed by atoms with van der Waals surface area (Å²) in [7, 11) is 0. The number of hydrogen-bond acceptors (Lipinski definition) is 5. The first-order valence-electron chi connectivity index (χ1n) is 8.78. The molecule has 0 saturated heterocycles. The van der Waals surface area contributed by atoms with Crippen molar-refractivity contribution in [3.63, 3.8) is 0 Å². The molecule has 0 unspecified atom stereocenters. The molecule has 7 heteroatoms. The Morgan fingerprint density at radius 1 is 1.15 bits per heavy atom. The molecule has 2 aromatic carbocycles. The van der Waals surface area contributed by atoms with Crippen molar-refractivity contribution in [1.82, 2.24) is 20.3 Å². The van der Waals surface area contributed by atoms with Gasteiger partial charge in [-0.05, 0) is 37.6 Å². The smallest absolute Gasteiger partial charge is 0.274 e. The Balaban J connectivity index is 1.51. The number of fused-ring (bicyclic) bond motifs is 1. The Hall–Kier alpha value is -3.35. The van der Waals surface area contributed by atoms with Crippen LogP contribution in [0.3, 0.4) is 0 Å². The van der Waals surface area contributed by atoms with Crippen molar-refractivity contribution in [3.8, 4) is 17.2 Å². The lowest BCUT2D eigenvalue weighted by atomic mass is 10.1. The molecule has 0 atom stereocenters. The molecule has 0 fully saturated rings. The van der Waals surface area contributed by atoms with E-state index < -0.39 is 0 Å². The van der Waals surface area contributed by atoms with Gasteiger partial charge in [-0.3, -0.25) is 4.79 Å². The zero-order valence-corrected chi connectivity index (χ0v) is 15.2. The molecule has 1 aromatic heterocycles. The van der Waals surface area contributed by atoms with Crippen molar-refractivity contribution in [2.24, 2.45) is 0 Å². The topological polar surface area (TPSA) is 78.3 Å². The highest BCUT2D eigenvalue weighted by Gasteiger charge is 2.19. The number of nitrogens with zero attached hydrogens (tertiary/aromatic N) is 3.